The largest absolute Gasteiger partial charge is 0.466 e. The predicted octanol–water partition coefficient (Wildman–Crippen LogP) is 2.30. The molecular formula is C7H5BrF3NO3. The van der Waals surface area contributed by atoms with Crippen LogP contribution in [-0.4, -0.2) is 18.1 Å². The molecule has 0 aliphatic heterocycles. The second kappa shape index (κ2) is 4.65. The van der Waals surface area contributed by atoms with E-state index in [1.807, 2.05) is 0 Å². The molecule has 0 radical (unpaired) electrons. The number of rotatable bonds is 4. The van der Waals surface area contributed by atoms with Crippen molar-refractivity contribution in [3.63, 3.8) is 0 Å². The zero-order chi connectivity index (χ0) is 11.5. The number of nitrogens with zero attached hydrogens (tertiary/aromatic N) is 1. The lowest BCUT2D eigenvalue weighted by Crippen LogP contribution is -2.11. The summed E-state index contributed by atoms with van der Waals surface area (Å²) in [6, 6.07) is 0. The molecular weight excluding hydrogens is 283 g/mol. The topological polar surface area (TPSA) is 52.3 Å². The van der Waals surface area contributed by atoms with Gasteiger partial charge in [-0.2, -0.15) is 13.2 Å². The van der Waals surface area contributed by atoms with Crippen LogP contribution in [0.1, 0.15) is 16.3 Å². The Morgan fingerprint density at radius 2 is 2.33 bits per heavy atom. The van der Waals surface area contributed by atoms with E-state index in [9.17, 15) is 18.0 Å². The smallest absolute Gasteiger partial charge is 0.436 e. The van der Waals surface area contributed by atoms with Crippen LogP contribution in [0.15, 0.2) is 10.8 Å². The minimum Gasteiger partial charge on any atom is -0.466 e. The van der Waals surface area contributed by atoms with Crippen LogP contribution < -0.4 is 0 Å². The minimum atomic E-state index is -4.59. The van der Waals surface area contributed by atoms with Gasteiger partial charge in [-0.15, -0.1) is 0 Å². The summed E-state index contributed by atoms with van der Waals surface area (Å²) in [5, 5.41) is 0. The highest BCUT2D eigenvalue weighted by molar-refractivity contribution is 9.09. The van der Waals surface area contributed by atoms with Crippen molar-refractivity contribution in [1.82, 2.24) is 4.98 Å². The number of hydrogen-bond acceptors (Lipinski definition) is 4. The molecule has 0 aliphatic carbocycles. The second-order valence-corrected chi connectivity index (χ2v) is 3.57. The van der Waals surface area contributed by atoms with E-state index in [2.05, 4.69) is 30.1 Å². The molecule has 0 bridgehead atoms. The summed E-state index contributed by atoms with van der Waals surface area (Å²) in [7, 11) is 0. The van der Waals surface area contributed by atoms with E-state index in [0.29, 0.717) is 6.39 Å². The molecule has 0 saturated heterocycles. The first-order chi connectivity index (χ1) is 6.96. The molecule has 1 aromatic heterocycles. The lowest BCUT2D eigenvalue weighted by atomic mass is 10.2. The molecule has 8 heteroatoms. The Kier molecular flexibility index (Phi) is 3.72. The highest BCUT2D eigenvalue weighted by atomic mass is 79.9. The van der Waals surface area contributed by atoms with E-state index < -0.39 is 22.5 Å². The molecule has 4 nitrogen and oxygen atoms in total. The summed E-state index contributed by atoms with van der Waals surface area (Å²) < 4.78 is 45.8. The van der Waals surface area contributed by atoms with Crippen molar-refractivity contribution in [1.29, 1.82) is 0 Å². The third-order valence-electron chi connectivity index (χ3n) is 1.46. The van der Waals surface area contributed by atoms with Crippen molar-refractivity contribution in [2.45, 2.75) is 11.0 Å². The summed E-state index contributed by atoms with van der Waals surface area (Å²) >= 11 is 2.89. The van der Waals surface area contributed by atoms with Crippen LogP contribution in [0.3, 0.4) is 0 Å². The standard InChI is InChI=1S/C7H5BrF3NO3/c8-4(1-14-3-13)5-6(7(9,10)11)12-2-15-5/h2-4H,1H2. The normalized spacial score (nSPS) is 13.6. The molecule has 1 aromatic rings. The lowest BCUT2D eigenvalue weighted by Gasteiger charge is -2.08. The van der Waals surface area contributed by atoms with Crippen LogP contribution in [0, 0.1) is 0 Å². The summed E-state index contributed by atoms with van der Waals surface area (Å²) in [5.41, 5.74) is -1.13. The average molecular weight is 288 g/mol. The number of halogens is 4. The zero-order valence-electron chi connectivity index (χ0n) is 7.12. The Bertz CT molecular complexity index is 338. The van der Waals surface area contributed by atoms with Crippen molar-refractivity contribution in [2.75, 3.05) is 6.61 Å². The fourth-order valence-electron chi connectivity index (χ4n) is 0.890. The Balaban J connectivity index is 2.85. The van der Waals surface area contributed by atoms with Crippen molar-refractivity contribution in [2.24, 2.45) is 0 Å². The maximum absolute atomic E-state index is 12.3. The third kappa shape index (κ3) is 2.95. The molecule has 0 saturated carbocycles. The van der Waals surface area contributed by atoms with Gasteiger partial charge in [0.25, 0.3) is 6.47 Å². The highest BCUT2D eigenvalue weighted by Crippen LogP contribution is 2.36. The Morgan fingerprint density at radius 3 is 2.87 bits per heavy atom. The number of ether oxygens (including phenoxy) is 1. The van der Waals surface area contributed by atoms with Gasteiger partial charge >= 0.3 is 6.18 Å². The molecule has 15 heavy (non-hydrogen) atoms. The Hall–Kier alpha value is -1.05. The van der Waals surface area contributed by atoms with Crippen molar-refractivity contribution >= 4 is 22.4 Å². The quantitative estimate of drug-likeness (QED) is 0.630. The van der Waals surface area contributed by atoms with E-state index in [-0.39, 0.29) is 13.1 Å². The van der Waals surface area contributed by atoms with Gasteiger partial charge in [-0.3, -0.25) is 4.79 Å². The Morgan fingerprint density at radius 1 is 1.67 bits per heavy atom. The molecule has 84 valence electrons. The SMILES string of the molecule is O=COCC(Br)c1ocnc1C(F)(F)F. The molecule has 1 atom stereocenters. The van der Waals surface area contributed by atoms with Gasteiger partial charge in [-0.1, -0.05) is 15.9 Å². The summed E-state index contributed by atoms with van der Waals surface area (Å²) in [6.45, 7) is -0.125. The first kappa shape index (κ1) is 12.0. The predicted molar refractivity (Wildman–Crippen MR) is 45.2 cm³/mol. The first-order valence-corrected chi connectivity index (χ1v) is 4.58. The number of hydrogen-bond donors (Lipinski definition) is 0. The van der Waals surface area contributed by atoms with Gasteiger partial charge < -0.3 is 9.15 Å². The van der Waals surface area contributed by atoms with Crippen LogP contribution >= 0.6 is 15.9 Å². The van der Waals surface area contributed by atoms with E-state index >= 15 is 0 Å². The highest BCUT2D eigenvalue weighted by Gasteiger charge is 2.39. The third-order valence-corrected chi connectivity index (χ3v) is 2.14. The van der Waals surface area contributed by atoms with E-state index in [4.69, 9.17) is 0 Å². The molecule has 0 aromatic carbocycles. The molecule has 0 N–H and O–H groups in total. The number of alkyl halides is 4. The molecule has 0 aliphatic rings. The summed E-state index contributed by atoms with van der Waals surface area (Å²) in [6.07, 6.45) is -3.90. The van der Waals surface area contributed by atoms with Crippen molar-refractivity contribution in [3.05, 3.63) is 17.8 Å². The van der Waals surface area contributed by atoms with Gasteiger partial charge in [-0.25, -0.2) is 4.98 Å². The van der Waals surface area contributed by atoms with Gasteiger partial charge in [-0.05, 0) is 0 Å². The maximum atomic E-state index is 12.3. The number of oxazole rings is 1. The molecule has 1 heterocycles. The number of carbonyl (C=O) groups excluding carboxylic acids is 1. The van der Waals surface area contributed by atoms with Crippen LogP contribution in [0.2, 0.25) is 0 Å². The lowest BCUT2D eigenvalue weighted by molar-refractivity contribution is -0.142. The maximum Gasteiger partial charge on any atom is 0.436 e. The molecule has 0 amide bonds. The van der Waals surface area contributed by atoms with Gasteiger partial charge in [0, 0.05) is 0 Å². The summed E-state index contributed by atoms with van der Waals surface area (Å²) in [5.74, 6) is -0.413. The Labute approximate surface area is 90.5 Å². The van der Waals surface area contributed by atoms with Crippen molar-refractivity contribution in [3.8, 4) is 0 Å². The van der Waals surface area contributed by atoms with E-state index in [1.54, 1.807) is 0 Å². The van der Waals surface area contributed by atoms with Gasteiger partial charge in [0.15, 0.2) is 17.8 Å². The molecule has 1 rings (SSSR count). The first-order valence-electron chi connectivity index (χ1n) is 3.66. The number of carbonyl (C=O) groups is 1. The second-order valence-electron chi connectivity index (χ2n) is 2.46. The van der Waals surface area contributed by atoms with Gasteiger partial charge in [0.2, 0.25) is 0 Å². The number of aromatic nitrogens is 1. The zero-order valence-corrected chi connectivity index (χ0v) is 8.71. The van der Waals surface area contributed by atoms with Gasteiger partial charge in [0.05, 0.1) is 0 Å². The molecule has 0 fully saturated rings. The van der Waals surface area contributed by atoms with Crippen LogP contribution in [0.5, 0.6) is 0 Å². The fourth-order valence-corrected chi connectivity index (χ4v) is 1.37. The monoisotopic (exact) mass is 287 g/mol. The van der Waals surface area contributed by atoms with Gasteiger partial charge in [0.1, 0.15) is 11.4 Å². The fraction of sp³-hybridized carbons (Fsp3) is 0.429. The van der Waals surface area contributed by atoms with Crippen LogP contribution in [-0.2, 0) is 15.7 Å². The molecule has 1 unspecified atom stereocenters. The minimum absolute atomic E-state index is 0.137. The van der Waals surface area contributed by atoms with E-state index in [0.717, 1.165) is 0 Å². The van der Waals surface area contributed by atoms with Crippen molar-refractivity contribution < 1.29 is 27.1 Å². The van der Waals surface area contributed by atoms with Crippen LogP contribution in [0.4, 0.5) is 13.2 Å². The van der Waals surface area contributed by atoms with E-state index in [1.165, 1.54) is 0 Å². The summed E-state index contributed by atoms with van der Waals surface area (Å²) in [4.78, 5) is 12.0. The molecule has 0 spiro atoms. The van der Waals surface area contributed by atoms with Crippen LogP contribution in [0.25, 0.3) is 0 Å². The average Bonchev–Trinajstić information content (AvgIpc) is 2.61.